The van der Waals surface area contributed by atoms with Crippen molar-refractivity contribution in [2.24, 2.45) is 0 Å². The lowest BCUT2D eigenvalue weighted by molar-refractivity contribution is -0.129. The van der Waals surface area contributed by atoms with Crippen LogP contribution in [0, 0.1) is 0 Å². The van der Waals surface area contributed by atoms with Crippen molar-refractivity contribution in [1.29, 1.82) is 0 Å². The van der Waals surface area contributed by atoms with E-state index < -0.39 is 18.2 Å². The molecule has 194 valence electrons. The average Bonchev–Trinajstić information content (AvgIpc) is 2.95. The number of aliphatic hydroxyl groups is 1. The Morgan fingerprint density at radius 2 is 1.86 bits per heavy atom. The summed E-state index contributed by atoms with van der Waals surface area (Å²) in [5.74, 6) is 1.30. The highest BCUT2D eigenvalue weighted by Gasteiger charge is 2.31. The third-order valence-electron chi connectivity index (χ3n) is 7.11. The molecule has 2 unspecified atom stereocenters. The highest BCUT2D eigenvalue weighted by atomic mass is 16.5. The molecule has 0 aromatic heterocycles. The van der Waals surface area contributed by atoms with Crippen molar-refractivity contribution >= 4 is 11.6 Å². The van der Waals surface area contributed by atoms with E-state index in [4.69, 9.17) is 9.47 Å². The van der Waals surface area contributed by atoms with Crippen LogP contribution in [0.3, 0.4) is 0 Å². The van der Waals surface area contributed by atoms with Gasteiger partial charge in [-0.15, -0.1) is 0 Å². The molecule has 0 fully saturated rings. The lowest BCUT2D eigenvalue weighted by Crippen LogP contribution is -2.54. The predicted octanol–water partition coefficient (Wildman–Crippen LogP) is 3.62. The van der Waals surface area contributed by atoms with Crippen molar-refractivity contribution in [3.63, 3.8) is 0 Å². The first-order chi connectivity index (χ1) is 18.1. The third kappa shape index (κ3) is 6.06. The van der Waals surface area contributed by atoms with Gasteiger partial charge in [0.15, 0.2) is 6.10 Å². The highest BCUT2D eigenvalue weighted by Crippen LogP contribution is 2.33. The Kier molecular flexibility index (Phi) is 7.92. The van der Waals surface area contributed by atoms with Gasteiger partial charge in [-0.3, -0.25) is 4.79 Å². The first-order valence-corrected chi connectivity index (χ1v) is 13.1. The number of anilines is 1. The van der Waals surface area contributed by atoms with Gasteiger partial charge in [-0.2, -0.15) is 0 Å². The zero-order chi connectivity index (χ0) is 25.6. The van der Waals surface area contributed by atoms with E-state index >= 15 is 0 Å². The fraction of sp³-hybridized carbons (Fsp3) is 0.367. The number of para-hydroxylation sites is 2. The number of carbonyl (C=O) groups is 1. The Morgan fingerprint density at radius 3 is 2.70 bits per heavy atom. The van der Waals surface area contributed by atoms with E-state index in [1.165, 1.54) is 5.56 Å². The molecule has 5 rings (SSSR count). The van der Waals surface area contributed by atoms with Crippen molar-refractivity contribution < 1.29 is 19.4 Å². The zero-order valence-electron chi connectivity index (χ0n) is 21.2. The number of benzene rings is 3. The fourth-order valence-electron chi connectivity index (χ4n) is 4.97. The topological polar surface area (TPSA) is 91.9 Å². The third-order valence-corrected chi connectivity index (χ3v) is 7.11. The molecule has 7 heteroatoms. The zero-order valence-corrected chi connectivity index (χ0v) is 21.2. The second-order valence-corrected chi connectivity index (χ2v) is 9.68. The Morgan fingerprint density at radius 1 is 1.05 bits per heavy atom. The molecule has 0 radical (unpaired) electrons. The minimum Gasteiger partial charge on any atom is -0.493 e. The van der Waals surface area contributed by atoms with Crippen LogP contribution in [-0.2, 0) is 17.6 Å². The van der Waals surface area contributed by atoms with Crippen LogP contribution in [0.2, 0.25) is 0 Å². The van der Waals surface area contributed by atoms with Crippen molar-refractivity contribution in [2.45, 2.75) is 50.5 Å². The standard InChI is InChI=1S/C30H35N3O4/c1-2-20-12-13-27-22(16-20)23(14-15-36-27)31-18-26(34)25(17-21-8-4-3-5-9-21)33-30(35)29-19-32-24-10-6-7-11-28(24)37-29/h3-13,16,23,25-26,29,31-32,34H,2,14-15,17-19H2,1H3,(H,33,35)/t23?,25-,26+,29?/m0/s1. The molecule has 37 heavy (non-hydrogen) atoms. The summed E-state index contributed by atoms with van der Waals surface area (Å²) in [6.45, 7) is 3.47. The van der Waals surface area contributed by atoms with Crippen LogP contribution in [0.15, 0.2) is 72.8 Å². The maximum atomic E-state index is 13.2. The molecule has 2 heterocycles. The molecule has 0 bridgehead atoms. The van der Waals surface area contributed by atoms with Crippen LogP contribution >= 0.6 is 0 Å². The molecule has 0 saturated heterocycles. The summed E-state index contributed by atoms with van der Waals surface area (Å²) < 4.78 is 11.8. The predicted molar refractivity (Wildman–Crippen MR) is 144 cm³/mol. The molecule has 7 nitrogen and oxygen atoms in total. The van der Waals surface area contributed by atoms with Crippen molar-refractivity contribution in [2.75, 3.05) is 25.0 Å². The van der Waals surface area contributed by atoms with E-state index in [0.717, 1.165) is 35.4 Å². The SMILES string of the molecule is CCc1ccc2c(c1)C(NC[C@@H](O)[C@H](Cc1ccccc1)NC(=O)C1CNc3ccccc3O1)CCO2. The van der Waals surface area contributed by atoms with Crippen LogP contribution in [0.25, 0.3) is 0 Å². The van der Waals surface area contributed by atoms with Crippen LogP contribution in [-0.4, -0.2) is 49.0 Å². The molecule has 0 saturated carbocycles. The number of aliphatic hydroxyl groups excluding tert-OH is 1. The Bertz CT molecular complexity index is 1200. The van der Waals surface area contributed by atoms with Gasteiger partial charge in [-0.25, -0.2) is 0 Å². The molecule has 4 atom stereocenters. The number of carbonyl (C=O) groups excluding carboxylic acids is 1. The maximum Gasteiger partial charge on any atom is 0.263 e. The van der Waals surface area contributed by atoms with Gasteiger partial charge in [0.1, 0.15) is 11.5 Å². The summed E-state index contributed by atoms with van der Waals surface area (Å²) in [6.07, 6.45) is 0.813. The Labute approximate surface area is 218 Å². The van der Waals surface area contributed by atoms with Crippen molar-refractivity contribution in [3.8, 4) is 11.5 Å². The average molecular weight is 502 g/mol. The first-order valence-electron chi connectivity index (χ1n) is 13.1. The van der Waals surface area contributed by atoms with Gasteiger partial charge in [0.2, 0.25) is 0 Å². The highest BCUT2D eigenvalue weighted by molar-refractivity contribution is 5.83. The number of aryl methyl sites for hydroxylation is 1. The van der Waals surface area contributed by atoms with Crippen LogP contribution in [0.5, 0.6) is 11.5 Å². The molecule has 0 spiro atoms. The lowest BCUT2D eigenvalue weighted by atomic mass is 9.96. The number of hydrogen-bond donors (Lipinski definition) is 4. The molecule has 2 aliphatic heterocycles. The van der Waals surface area contributed by atoms with Crippen molar-refractivity contribution in [3.05, 3.63) is 89.5 Å². The molecule has 4 N–H and O–H groups in total. The monoisotopic (exact) mass is 501 g/mol. The first kappa shape index (κ1) is 25.1. The minimum atomic E-state index is -0.798. The van der Waals surface area contributed by atoms with E-state index in [1.54, 1.807) is 0 Å². The number of amides is 1. The molecule has 3 aromatic rings. The molecule has 3 aromatic carbocycles. The van der Waals surface area contributed by atoms with E-state index in [9.17, 15) is 9.90 Å². The molecular weight excluding hydrogens is 466 g/mol. The summed E-state index contributed by atoms with van der Waals surface area (Å²) in [6, 6.07) is 23.4. The smallest absolute Gasteiger partial charge is 0.263 e. The lowest BCUT2D eigenvalue weighted by Gasteiger charge is -2.32. The summed E-state index contributed by atoms with van der Waals surface area (Å²) in [4.78, 5) is 13.2. The van der Waals surface area contributed by atoms with Gasteiger partial charge >= 0.3 is 0 Å². The Balaban J connectivity index is 1.27. The molecular formula is C30H35N3O4. The summed E-state index contributed by atoms with van der Waals surface area (Å²) >= 11 is 0. The number of hydrogen-bond acceptors (Lipinski definition) is 6. The number of fused-ring (bicyclic) bond motifs is 2. The van der Waals surface area contributed by atoms with Gasteiger partial charge < -0.3 is 30.5 Å². The van der Waals surface area contributed by atoms with Gasteiger partial charge in [0.05, 0.1) is 31.0 Å². The minimum absolute atomic E-state index is 0.0837. The van der Waals surface area contributed by atoms with E-state index in [0.29, 0.717) is 31.9 Å². The van der Waals surface area contributed by atoms with Gasteiger partial charge in [-0.05, 0) is 42.2 Å². The maximum absolute atomic E-state index is 13.2. The number of nitrogens with one attached hydrogen (secondary N) is 3. The number of rotatable bonds is 9. The number of ether oxygens (including phenoxy) is 2. The second kappa shape index (κ2) is 11.7. The van der Waals surface area contributed by atoms with Gasteiger partial charge in [0.25, 0.3) is 5.91 Å². The van der Waals surface area contributed by atoms with E-state index in [2.05, 4.69) is 35.0 Å². The second-order valence-electron chi connectivity index (χ2n) is 9.68. The quantitative estimate of drug-likeness (QED) is 0.358. The summed E-state index contributed by atoms with van der Waals surface area (Å²) in [7, 11) is 0. The van der Waals surface area contributed by atoms with Gasteiger partial charge in [-0.1, -0.05) is 61.5 Å². The fourth-order valence-corrected chi connectivity index (χ4v) is 4.97. The van der Waals surface area contributed by atoms with Crippen LogP contribution < -0.4 is 25.4 Å². The van der Waals surface area contributed by atoms with E-state index in [1.807, 2.05) is 60.7 Å². The van der Waals surface area contributed by atoms with E-state index in [-0.39, 0.29) is 11.9 Å². The molecule has 1 amide bonds. The summed E-state index contributed by atoms with van der Waals surface area (Å²) in [5, 5.41) is 21.2. The Hall–Kier alpha value is -3.55. The van der Waals surface area contributed by atoms with Gasteiger partial charge in [0, 0.05) is 24.6 Å². The van der Waals surface area contributed by atoms with Crippen LogP contribution in [0.4, 0.5) is 5.69 Å². The largest absolute Gasteiger partial charge is 0.493 e. The summed E-state index contributed by atoms with van der Waals surface area (Å²) in [5.41, 5.74) is 4.30. The van der Waals surface area contributed by atoms with Crippen LogP contribution in [0.1, 0.15) is 36.1 Å². The molecule has 0 aliphatic carbocycles. The van der Waals surface area contributed by atoms with Crippen molar-refractivity contribution in [1.82, 2.24) is 10.6 Å². The normalized spacial score (nSPS) is 19.7. The molecule has 2 aliphatic rings.